The van der Waals surface area contributed by atoms with Gasteiger partial charge in [0.05, 0.1) is 0 Å². The second-order valence-corrected chi connectivity index (χ2v) is 6.23. The van der Waals surface area contributed by atoms with Gasteiger partial charge in [0.15, 0.2) is 0 Å². The van der Waals surface area contributed by atoms with Crippen molar-refractivity contribution in [3.8, 4) is 0 Å². The van der Waals surface area contributed by atoms with Crippen LogP contribution in [0.2, 0.25) is 0 Å². The summed E-state index contributed by atoms with van der Waals surface area (Å²) >= 11 is 3.38. The van der Waals surface area contributed by atoms with Gasteiger partial charge in [-0.15, -0.1) is 0 Å². The van der Waals surface area contributed by atoms with Crippen molar-refractivity contribution in [2.45, 2.75) is 33.4 Å². The fourth-order valence-corrected chi connectivity index (χ4v) is 2.51. The first-order chi connectivity index (χ1) is 9.88. The van der Waals surface area contributed by atoms with Crippen LogP contribution in [0.3, 0.4) is 0 Å². The summed E-state index contributed by atoms with van der Waals surface area (Å²) in [6, 6.07) is 6.95. The van der Waals surface area contributed by atoms with E-state index in [1.807, 2.05) is 30.7 Å². The molecule has 0 saturated heterocycles. The van der Waals surface area contributed by atoms with Crippen LogP contribution in [0.4, 0.5) is 4.39 Å². The van der Waals surface area contributed by atoms with Gasteiger partial charge in [-0.3, -0.25) is 4.79 Å². The minimum absolute atomic E-state index is 0.171. The number of amides is 1. The van der Waals surface area contributed by atoms with Crippen molar-refractivity contribution in [2.24, 2.45) is 0 Å². The molecular formula is C16H18BrFN2O. The van der Waals surface area contributed by atoms with E-state index in [0.717, 1.165) is 10.0 Å². The van der Waals surface area contributed by atoms with Crippen LogP contribution in [0.15, 0.2) is 34.9 Å². The van der Waals surface area contributed by atoms with Gasteiger partial charge >= 0.3 is 0 Å². The van der Waals surface area contributed by atoms with E-state index < -0.39 is 0 Å². The molecular weight excluding hydrogens is 335 g/mol. The number of benzene rings is 1. The van der Waals surface area contributed by atoms with Crippen molar-refractivity contribution in [1.82, 2.24) is 9.88 Å². The molecule has 2 aromatic rings. The number of carbonyl (C=O) groups excluding carboxylic acids is 1. The highest BCUT2D eigenvalue weighted by atomic mass is 79.9. The molecule has 0 fully saturated rings. The molecule has 0 aliphatic carbocycles. The lowest BCUT2D eigenvalue weighted by molar-refractivity contribution is 0.0940. The number of carbonyl (C=O) groups is 1. The highest BCUT2D eigenvalue weighted by Gasteiger charge is 2.14. The third kappa shape index (κ3) is 3.73. The molecule has 2 rings (SSSR count). The number of hydrogen-bond donors (Lipinski definition) is 1. The first kappa shape index (κ1) is 15.8. The van der Waals surface area contributed by atoms with E-state index in [2.05, 4.69) is 21.2 Å². The number of nitrogens with one attached hydrogen (secondary N) is 1. The Hall–Kier alpha value is -1.62. The van der Waals surface area contributed by atoms with Gasteiger partial charge in [0, 0.05) is 23.3 Å². The van der Waals surface area contributed by atoms with Gasteiger partial charge in [0.1, 0.15) is 11.5 Å². The predicted molar refractivity (Wildman–Crippen MR) is 84.8 cm³/mol. The van der Waals surface area contributed by atoms with Gasteiger partial charge in [0.25, 0.3) is 5.91 Å². The highest BCUT2D eigenvalue weighted by molar-refractivity contribution is 9.10. The molecule has 0 aliphatic rings. The van der Waals surface area contributed by atoms with Crippen LogP contribution < -0.4 is 5.32 Å². The summed E-state index contributed by atoms with van der Waals surface area (Å²) in [5.74, 6) is -0.426. The number of aryl methyl sites for hydroxylation is 1. The van der Waals surface area contributed by atoms with Gasteiger partial charge < -0.3 is 9.88 Å². The Balaban J connectivity index is 2.10. The van der Waals surface area contributed by atoms with E-state index in [0.29, 0.717) is 17.8 Å². The molecule has 0 saturated carbocycles. The Morgan fingerprint density at radius 2 is 2.10 bits per heavy atom. The maximum atomic E-state index is 13.5. The molecule has 112 valence electrons. The SMILES string of the molecule is Cc1ccc(CNC(=O)c2cc(Br)cn2C(C)C)cc1F. The van der Waals surface area contributed by atoms with Crippen LogP contribution in [0.1, 0.15) is 41.5 Å². The van der Waals surface area contributed by atoms with Crippen LogP contribution in [0.25, 0.3) is 0 Å². The van der Waals surface area contributed by atoms with Crippen molar-refractivity contribution in [3.05, 3.63) is 57.6 Å². The third-order valence-corrected chi connectivity index (χ3v) is 3.73. The van der Waals surface area contributed by atoms with Crippen LogP contribution >= 0.6 is 15.9 Å². The summed E-state index contributed by atoms with van der Waals surface area (Å²) in [6.07, 6.45) is 1.88. The van der Waals surface area contributed by atoms with Gasteiger partial charge in [-0.25, -0.2) is 4.39 Å². The fourth-order valence-electron chi connectivity index (χ4n) is 2.07. The molecule has 1 amide bonds. The quantitative estimate of drug-likeness (QED) is 0.878. The first-order valence-corrected chi connectivity index (χ1v) is 7.58. The summed E-state index contributed by atoms with van der Waals surface area (Å²) in [5.41, 5.74) is 1.93. The molecule has 0 radical (unpaired) electrons. The van der Waals surface area contributed by atoms with E-state index in [-0.39, 0.29) is 17.8 Å². The Kier molecular flexibility index (Phi) is 4.83. The van der Waals surface area contributed by atoms with Gasteiger partial charge in [0.2, 0.25) is 0 Å². The summed E-state index contributed by atoms with van der Waals surface area (Å²) in [5, 5.41) is 2.82. The largest absolute Gasteiger partial charge is 0.347 e. The molecule has 1 N–H and O–H groups in total. The van der Waals surface area contributed by atoms with Gasteiger partial charge in [-0.05, 0) is 60.0 Å². The average molecular weight is 353 g/mol. The zero-order valence-corrected chi connectivity index (χ0v) is 13.9. The molecule has 1 aromatic heterocycles. The van der Waals surface area contributed by atoms with Crippen molar-refractivity contribution in [2.75, 3.05) is 0 Å². The van der Waals surface area contributed by atoms with E-state index in [1.165, 1.54) is 6.07 Å². The minimum atomic E-state index is -0.255. The van der Waals surface area contributed by atoms with Crippen LogP contribution in [-0.2, 0) is 6.54 Å². The topological polar surface area (TPSA) is 34.0 Å². The standard InChI is InChI=1S/C16H18BrFN2O/c1-10(2)20-9-13(17)7-15(20)16(21)19-8-12-5-4-11(3)14(18)6-12/h4-7,9-10H,8H2,1-3H3,(H,19,21). The van der Waals surface area contributed by atoms with Crippen LogP contribution in [0, 0.1) is 12.7 Å². The molecule has 1 heterocycles. The number of nitrogens with zero attached hydrogens (tertiary/aromatic N) is 1. The number of hydrogen-bond acceptors (Lipinski definition) is 1. The van der Waals surface area contributed by atoms with Gasteiger partial charge in [-0.1, -0.05) is 12.1 Å². The molecule has 5 heteroatoms. The molecule has 1 aromatic carbocycles. The van der Waals surface area contributed by atoms with Gasteiger partial charge in [-0.2, -0.15) is 0 Å². The zero-order chi connectivity index (χ0) is 15.6. The Morgan fingerprint density at radius 1 is 1.38 bits per heavy atom. The molecule has 0 spiro atoms. The van der Waals surface area contributed by atoms with E-state index in [9.17, 15) is 9.18 Å². The zero-order valence-electron chi connectivity index (χ0n) is 12.3. The number of halogens is 2. The van der Waals surface area contributed by atoms with Crippen LogP contribution in [-0.4, -0.2) is 10.5 Å². The maximum absolute atomic E-state index is 13.5. The second kappa shape index (κ2) is 6.43. The second-order valence-electron chi connectivity index (χ2n) is 5.31. The maximum Gasteiger partial charge on any atom is 0.268 e. The van der Waals surface area contributed by atoms with Crippen molar-refractivity contribution < 1.29 is 9.18 Å². The summed E-state index contributed by atoms with van der Waals surface area (Å²) < 4.78 is 16.2. The lowest BCUT2D eigenvalue weighted by Crippen LogP contribution is -2.25. The van der Waals surface area contributed by atoms with Crippen molar-refractivity contribution in [3.63, 3.8) is 0 Å². The van der Waals surface area contributed by atoms with Crippen molar-refractivity contribution >= 4 is 21.8 Å². The lowest BCUT2D eigenvalue weighted by Gasteiger charge is -2.13. The molecule has 0 bridgehead atoms. The average Bonchev–Trinajstić information content (AvgIpc) is 2.82. The molecule has 3 nitrogen and oxygen atoms in total. The highest BCUT2D eigenvalue weighted by Crippen LogP contribution is 2.19. The molecule has 0 aliphatic heterocycles. The Labute approximate surface area is 132 Å². The van der Waals surface area contributed by atoms with E-state index in [4.69, 9.17) is 0 Å². The lowest BCUT2D eigenvalue weighted by atomic mass is 10.1. The number of rotatable bonds is 4. The summed E-state index contributed by atoms with van der Waals surface area (Å²) in [4.78, 5) is 12.3. The third-order valence-electron chi connectivity index (χ3n) is 3.29. The van der Waals surface area contributed by atoms with Crippen LogP contribution in [0.5, 0.6) is 0 Å². The van der Waals surface area contributed by atoms with Crippen molar-refractivity contribution in [1.29, 1.82) is 0 Å². The molecule has 21 heavy (non-hydrogen) atoms. The monoisotopic (exact) mass is 352 g/mol. The summed E-state index contributed by atoms with van der Waals surface area (Å²) in [7, 11) is 0. The first-order valence-electron chi connectivity index (χ1n) is 6.79. The predicted octanol–water partition coefficient (Wildman–Crippen LogP) is 4.21. The van der Waals surface area contributed by atoms with E-state index in [1.54, 1.807) is 19.1 Å². The smallest absolute Gasteiger partial charge is 0.268 e. The minimum Gasteiger partial charge on any atom is -0.347 e. The summed E-state index contributed by atoms with van der Waals surface area (Å²) in [6.45, 7) is 6.04. The normalized spacial score (nSPS) is 11.0. The number of aromatic nitrogens is 1. The Morgan fingerprint density at radius 3 is 2.71 bits per heavy atom. The Bertz CT molecular complexity index is 664. The molecule has 0 atom stereocenters. The molecule has 0 unspecified atom stereocenters. The fraction of sp³-hybridized carbons (Fsp3) is 0.312. The van der Waals surface area contributed by atoms with E-state index >= 15 is 0 Å².